The normalized spacial score (nSPS) is 15.6. The largest absolute Gasteiger partial charge is 0.493 e. The standard InChI is InChI=1S/C35H30N4O5S/c1-20-17-24(21(2)37(20)25-11-13-26(14-12-25)39(41)42)19-31-34(40)38-33(23-10-16-29(43-3)30(18-23)44-4)28-15-9-22-7-5-6-8-27(22)32(28)36-35(38)45-31/h5-8,10-14,16-19,33H,9,15H2,1-4H3/b31-19+/t33-/m1/s1. The summed E-state index contributed by atoms with van der Waals surface area (Å²) in [5.41, 5.74) is 8.85. The number of thiazole rings is 1. The Bertz CT molecular complexity index is 2220. The molecule has 45 heavy (non-hydrogen) atoms. The van der Waals surface area contributed by atoms with Crippen molar-refractivity contribution in [1.29, 1.82) is 0 Å². The molecule has 5 aromatic rings. The first kappa shape index (κ1) is 28.5. The fourth-order valence-electron chi connectivity index (χ4n) is 6.54. The fraction of sp³-hybridized carbons (Fsp3) is 0.200. The Morgan fingerprint density at radius 1 is 0.978 bits per heavy atom. The van der Waals surface area contributed by atoms with Crippen LogP contribution in [0, 0.1) is 24.0 Å². The molecule has 0 N–H and O–H groups in total. The smallest absolute Gasteiger partial charge is 0.271 e. The number of aromatic nitrogens is 2. The molecule has 9 nitrogen and oxygen atoms in total. The van der Waals surface area contributed by atoms with Gasteiger partial charge in [0, 0.05) is 34.8 Å². The first-order valence-electron chi connectivity index (χ1n) is 14.6. The number of nitro groups is 1. The SMILES string of the molecule is COc1ccc([C@@H]2C3=C(N=c4s/c(=C/c5cc(C)n(-c6ccc([N+](=O)[O-])cc6)c5C)c(=O)n42)c2ccccc2CC3)cc1OC. The lowest BCUT2D eigenvalue weighted by Crippen LogP contribution is -2.38. The Hall–Kier alpha value is -5.22. The lowest BCUT2D eigenvalue weighted by Gasteiger charge is -2.31. The van der Waals surface area contributed by atoms with Crippen LogP contribution in [0.15, 0.2) is 88.2 Å². The molecule has 1 atom stereocenters. The van der Waals surface area contributed by atoms with E-state index in [-0.39, 0.29) is 17.3 Å². The number of hydrogen-bond donors (Lipinski definition) is 0. The molecule has 0 spiro atoms. The van der Waals surface area contributed by atoms with Crippen LogP contribution in [0.25, 0.3) is 17.5 Å². The molecule has 10 heteroatoms. The van der Waals surface area contributed by atoms with Gasteiger partial charge in [-0.2, -0.15) is 0 Å². The van der Waals surface area contributed by atoms with Gasteiger partial charge in [-0.1, -0.05) is 41.7 Å². The second kappa shape index (κ2) is 11.0. The number of rotatable bonds is 6. The molecule has 3 aromatic carbocycles. The van der Waals surface area contributed by atoms with E-state index in [1.807, 2.05) is 59.4 Å². The number of aryl methyl sites for hydroxylation is 2. The summed E-state index contributed by atoms with van der Waals surface area (Å²) in [6.07, 6.45) is 3.58. The molecule has 0 bridgehead atoms. The Morgan fingerprint density at radius 2 is 1.73 bits per heavy atom. The van der Waals surface area contributed by atoms with E-state index in [4.69, 9.17) is 14.5 Å². The van der Waals surface area contributed by atoms with Gasteiger partial charge >= 0.3 is 0 Å². The van der Waals surface area contributed by atoms with Crippen LogP contribution in [-0.2, 0) is 6.42 Å². The van der Waals surface area contributed by atoms with Gasteiger partial charge in [0.25, 0.3) is 11.2 Å². The molecule has 2 aliphatic rings. The van der Waals surface area contributed by atoms with Gasteiger partial charge in [0.15, 0.2) is 16.3 Å². The highest BCUT2D eigenvalue weighted by atomic mass is 32.1. The summed E-state index contributed by atoms with van der Waals surface area (Å²) < 4.78 is 15.6. The number of methoxy groups -OCH3 is 2. The lowest BCUT2D eigenvalue weighted by molar-refractivity contribution is -0.384. The number of nitrogens with zero attached hydrogens (tertiary/aromatic N) is 4. The fourth-order valence-corrected chi connectivity index (χ4v) is 7.53. The van der Waals surface area contributed by atoms with Crippen molar-refractivity contribution < 1.29 is 14.4 Å². The number of hydrogen-bond acceptors (Lipinski definition) is 7. The molecule has 0 saturated heterocycles. The van der Waals surface area contributed by atoms with E-state index in [1.54, 1.807) is 26.4 Å². The maximum Gasteiger partial charge on any atom is 0.271 e. The van der Waals surface area contributed by atoms with Crippen molar-refractivity contribution in [2.45, 2.75) is 32.7 Å². The number of fused-ring (bicyclic) bond motifs is 3. The molecule has 1 aliphatic heterocycles. The zero-order valence-corrected chi connectivity index (χ0v) is 26.1. The third kappa shape index (κ3) is 4.69. The quantitative estimate of drug-likeness (QED) is 0.181. The first-order valence-corrected chi connectivity index (χ1v) is 15.4. The zero-order valence-electron chi connectivity index (χ0n) is 25.2. The highest BCUT2D eigenvalue weighted by molar-refractivity contribution is 7.07. The maximum atomic E-state index is 14.3. The first-order chi connectivity index (χ1) is 21.8. The Balaban J connectivity index is 1.41. The third-order valence-corrected chi connectivity index (χ3v) is 9.65. The Labute approximate surface area is 262 Å². The molecule has 226 valence electrons. The summed E-state index contributed by atoms with van der Waals surface area (Å²) in [6.45, 7) is 3.97. The molecule has 0 amide bonds. The molecule has 0 unspecified atom stereocenters. The summed E-state index contributed by atoms with van der Waals surface area (Å²) in [4.78, 5) is 30.8. The molecule has 0 saturated carbocycles. The van der Waals surface area contributed by atoms with Gasteiger partial charge in [-0.3, -0.25) is 19.5 Å². The van der Waals surface area contributed by atoms with Gasteiger partial charge in [-0.05, 0) is 85.4 Å². The summed E-state index contributed by atoms with van der Waals surface area (Å²) >= 11 is 1.38. The van der Waals surface area contributed by atoms with Gasteiger partial charge in [-0.15, -0.1) is 0 Å². The highest BCUT2D eigenvalue weighted by Gasteiger charge is 2.33. The molecule has 3 heterocycles. The number of allylic oxidation sites excluding steroid dienone is 1. The summed E-state index contributed by atoms with van der Waals surface area (Å²) in [5.74, 6) is 1.23. The van der Waals surface area contributed by atoms with E-state index in [1.165, 1.54) is 29.0 Å². The summed E-state index contributed by atoms with van der Waals surface area (Å²) in [6, 6.07) is 22.3. The van der Waals surface area contributed by atoms with Crippen molar-refractivity contribution in [1.82, 2.24) is 9.13 Å². The summed E-state index contributed by atoms with van der Waals surface area (Å²) in [5, 5.41) is 11.2. The van der Waals surface area contributed by atoms with Gasteiger partial charge in [0.1, 0.15) is 0 Å². The van der Waals surface area contributed by atoms with Gasteiger partial charge in [0.2, 0.25) is 0 Å². The van der Waals surface area contributed by atoms with Gasteiger partial charge in [-0.25, -0.2) is 4.99 Å². The monoisotopic (exact) mass is 618 g/mol. The average molecular weight is 619 g/mol. The van der Waals surface area contributed by atoms with Crippen molar-refractivity contribution >= 4 is 28.8 Å². The molecule has 0 fully saturated rings. The van der Waals surface area contributed by atoms with Crippen LogP contribution in [-0.4, -0.2) is 28.3 Å². The minimum atomic E-state index is -0.407. The van der Waals surface area contributed by atoms with Crippen LogP contribution in [0.4, 0.5) is 5.69 Å². The van der Waals surface area contributed by atoms with E-state index < -0.39 is 4.92 Å². The maximum absolute atomic E-state index is 14.3. The molecule has 7 rings (SSSR count). The zero-order chi connectivity index (χ0) is 31.4. The van der Waals surface area contributed by atoms with E-state index in [0.717, 1.165) is 57.9 Å². The van der Waals surface area contributed by atoms with Gasteiger partial charge in [0.05, 0.1) is 35.4 Å². The predicted molar refractivity (Wildman–Crippen MR) is 174 cm³/mol. The lowest BCUT2D eigenvalue weighted by atomic mass is 9.83. The van der Waals surface area contributed by atoms with Crippen LogP contribution < -0.4 is 24.4 Å². The number of nitro benzene ring substituents is 1. The van der Waals surface area contributed by atoms with E-state index >= 15 is 0 Å². The Kier molecular flexibility index (Phi) is 7.01. The van der Waals surface area contributed by atoms with Crippen molar-refractivity contribution in [2.24, 2.45) is 4.99 Å². The van der Waals surface area contributed by atoms with Crippen LogP contribution >= 0.6 is 11.3 Å². The van der Waals surface area contributed by atoms with E-state index in [0.29, 0.717) is 20.8 Å². The number of ether oxygens (including phenoxy) is 2. The molecule has 0 radical (unpaired) electrons. The predicted octanol–water partition coefficient (Wildman–Crippen LogP) is 5.65. The van der Waals surface area contributed by atoms with Crippen molar-refractivity contribution in [2.75, 3.05) is 14.2 Å². The minimum absolute atomic E-state index is 0.0388. The van der Waals surface area contributed by atoms with Gasteiger partial charge < -0.3 is 14.0 Å². The molecular formula is C35H30N4O5S. The van der Waals surface area contributed by atoms with E-state index in [9.17, 15) is 14.9 Å². The summed E-state index contributed by atoms with van der Waals surface area (Å²) in [7, 11) is 3.22. The molecule has 1 aliphatic carbocycles. The highest BCUT2D eigenvalue weighted by Crippen LogP contribution is 2.42. The Morgan fingerprint density at radius 3 is 2.47 bits per heavy atom. The average Bonchev–Trinajstić information content (AvgIpc) is 3.52. The second-order valence-corrected chi connectivity index (χ2v) is 12.2. The van der Waals surface area contributed by atoms with E-state index in [2.05, 4.69) is 18.2 Å². The molecular weight excluding hydrogens is 588 g/mol. The van der Waals surface area contributed by atoms with Crippen LogP contribution in [0.5, 0.6) is 11.5 Å². The number of benzene rings is 3. The van der Waals surface area contributed by atoms with Crippen molar-refractivity contribution in [3.63, 3.8) is 0 Å². The minimum Gasteiger partial charge on any atom is -0.493 e. The van der Waals surface area contributed by atoms with Crippen molar-refractivity contribution in [3.8, 4) is 17.2 Å². The van der Waals surface area contributed by atoms with Crippen LogP contribution in [0.3, 0.4) is 0 Å². The topological polar surface area (TPSA) is 101 Å². The van der Waals surface area contributed by atoms with Crippen molar-refractivity contribution in [3.05, 3.63) is 142 Å². The molecule has 2 aromatic heterocycles. The second-order valence-electron chi connectivity index (χ2n) is 11.2. The van der Waals surface area contributed by atoms with Crippen LogP contribution in [0.1, 0.15) is 46.1 Å². The van der Waals surface area contributed by atoms with Crippen LogP contribution in [0.2, 0.25) is 0 Å². The number of non-ortho nitro benzene ring substituents is 1. The third-order valence-electron chi connectivity index (χ3n) is 8.67.